The summed E-state index contributed by atoms with van der Waals surface area (Å²) in [6.07, 6.45) is 1.88. The highest BCUT2D eigenvalue weighted by Crippen LogP contribution is 2.09. The zero-order valence-corrected chi connectivity index (χ0v) is 9.88. The van der Waals surface area contributed by atoms with Gasteiger partial charge in [0.2, 0.25) is 0 Å². The van der Waals surface area contributed by atoms with Gasteiger partial charge in [-0.15, -0.1) is 0 Å². The van der Waals surface area contributed by atoms with Gasteiger partial charge in [0.15, 0.2) is 0 Å². The summed E-state index contributed by atoms with van der Waals surface area (Å²) in [4.78, 5) is 2.36. The molecule has 0 saturated carbocycles. The third-order valence-corrected chi connectivity index (χ3v) is 2.79. The maximum atomic E-state index is 8.78. The third-order valence-electron chi connectivity index (χ3n) is 2.79. The standard InChI is InChI=1S/C11H23N3/c1-5-10(3)14(6-2)8-7-11(4,13)9-12/h10H,5-8,13H2,1-4H3. The summed E-state index contributed by atoms with van der Waals surface area (Å²) in [5.74, 6) is 0. The lowest BCUT2D eigenvalue weighted by Crippen LogP contribution is -2.41. The van der Waals surface area contributed by atoms with Crippen molar-refractivity contribution in [2.24, 2.45) is 5.73 Å². The number of nitrogens with zero attached hydrogens (tertiary/aromatic N) is 2. The summed E-state index contributed by atoms with van der Waals surface area (Å²) in [6, 6.07) is 2.71. The van der Waals surface area contributed by atoms with Crippen molar-refractivity contribution in [2.75, 3.05) is 13.1 Å². The quantitative estimate of drug-likeness (QED) is 0.705. The zero-order valence-electron chi connectivity index (χ0n) is 9.88. The molecule has 0 aromatic rings. The number of nitriles is 1. The Morgan fingerprint density at radius 3 is 2.43 bits per heavy atom. The van der Waals surface area contributed by atoms with Gasteiger partial charge >= 0.3 is 0 Å². The van der Waals surface area contributed by atoms with Gasteiger partial charge in [-0.1, -0.05) is 13.8 Å². The molecule has 14 heavy (non-hydrogen) atoms. The summed E-state index contributed by atoms with van der Waals surface area (Å²) >= 11 is 0. The Kier molecular flexibility index (Phi) is 5.75. The maximum Gasteiger partial charge on any atom is 0.102 e. The van der Waals surface area contributed by atoms with Gasteiger partial charge in [0.25, 0.3) is 0 Å². The molecule has 2 atom stereocenters. The molecule has 3 nitrogen and oxygen atoms in total. The third kappa shape index (κ3) is 4.59. The van der Waals surface area contributed by atoms with Crippen molar-refractivity contribution >= 4 is 0 Å². The van der Waals surface area contributed by atoms with Crippen molar-refractivity contribution in [3.05, 3.63) is 0 Å². The van der Waals surface area contributed by atoms with Crippen molar-refractivity contribution in [1.29, 1.82) is 5.26 Å². The topological polar surface area (TPSA) is 53.0 Å². The van der Waals surface area contributed by atoms with Gasteiger partial charge in [0.1, 0.15) is 5.54 Å². The zero-order chi connectivity index (χ0) is 11.2. The minimum absolute atomic E-state index is 0.578. The molecule has 0 saturated heterocycles. The molecule has 0 bridgehead atoms. The van der Waals surface area contributed by atoms with Gasteiger partial charge < -0.3 is 10.6 Å². The molecular formula is C11H23N3. The molecule has 0 radical (unpaired) electrons. The molecule has 2 N–H and O–H groups in total. The van der Waals surface area contributed by atoms with E-state index >= 15 is 0 Å². The fourth-order valence-corrected chi connectivity index (χ4v) is 1.38. The van der Waals surface area contributed by atoms with Crippen LogP contribution in [0, 0.1) is 11.3 Å². The van der Waals surface area contributed by atoms with Crippen LogP contribution in [0.4, 0.5) is 0 Å². The van der Waals surface area contributed by atoms with E-state index in [1.54, 1.807) is 6.92 Å². The van der Waals surface area contributed by atoms with Gasteiger partial charge in [0.05, 0.1) is 6.07 Å². The van der Waals surface area contributed by atoms with Crippen molar-refractivity contribution < 1.29 is 0 Å². The first-order valence-electron chi connectivity index (χ1n) is 5.41. The van der Waals surface area contributed by atoms with E-state index in [9.17, 15) is 0 Å². The molecule has 0 heterocycles. The van der Waals surface area contributed by atoms with Crippen LogP contribution in [0.1, 0.15) is 40.5 Å². The Morgan fingerprint density at radius 1 is 1.50 bits per heavy atom. The Morgan fingerprint density at radius 2 is 2.07 bits per heavy atom. The van der Waals surface area contributed by atoms with Crippen molar-refractivity contribution in [3.8, 4) is 6.07 Å². The van der Waals surface area contributed by atoms with Crippen LogP contribution in [0.3, 0.4) is 0 Å². The number of rotatable bonds is 6. The molecule has 0 aromatic carbocycles. The predicted molar refractivity (Wildman–Crippen MR) is 59.8 cm³/mol. The summed E-state index contributed by atoms with van der Waals surface area (Å²) in [6.45, 7) is 10.3. The van der Waals surface area contributed by atoms with E-state index in [0.29, 0.717) is 6.04 Å². The highest BCUT2D eigenvalue weighted by atomic mass is 15.1. The Hall–Kier alpha value is -0.590. The first-order chi connectivity index (χ1) is 6.46. The SMILES string of the molecule is CCC(C)N(CC)CCC(C)(N)C#N. The van der Waals surface area contributed by atoms with E-state index < -0.39 is 5.54 Å². The van der Waals surface area contributed by atoms with Gasteiger partial charge in [-0.25, -0.2) is 0 Å². The van der Waals surface area contributed by atoms with E-state index in [0.717, 1.165) is 25.9 Å². The lowest BCUT2D eigenvalue weighted by atomic mass is 10.0. The monoisotopic (exact) mass is 197 g/mol. The second-order valence-corrected chi connectivity index (χ2v) is 4.17. The molecule has 2 unspecified atom stereocenters. The van der Waals surface area contributed by atoms with E-state index in [4.69, 9.17) is 11.0 Å². The molecule has 82 valence electrons. The molecule has 3 heteroatoms. The van der Waals surface area contributed by atoms with Gasteiger partial charge in [0, 0.05) is 12.6 Å². The summed E-state index contributed by atoms with van der Waals surface area (Å²) < 4.78 is 0. The molecule has 0 spiro atoms. The maximum absolute atomic E-state index is 8.78. The molecular weight excluding hydrogens is 174 g/mol. The molecule has 0 amide bonds. The fraction of sp³-hybridized carbons (Fsp3) is 0.909. The lowest BCUT2D eigenvalue weighted by molar-refractivity contribution is 0.202. The number of nitrogens with two attached hydrogens (primary N) is 1. The van der Waals surface area contributed by atoms with Crippen molar-refractivity contribution in [1.82, 2.24) is 4.90 Å². The largest absolute Gasteiger partial charge is 0.314 e. The Labute approximate surface area is 87.9 Å². The Bertz CT molecular complexity index is 193. The molecule has 0 aliphatic carbocycles. The van der Waals surface area contributed by atoms with Crippen LogP contribution in [-0.4, -0.2) is 29.6 Å². The second kappa shape index (κ2) is 6.00. The average Bonchev–Trinajstić information content (AvgIpc) is 2.18. The number of hydrogen-bond acceptors (Lipinski definition) is 3. The van der Waals surface area contributed by atoms with E-state index in [1.807, 2.05) is 0 Å². The second-order valence-electron chi connectivity index (χ2n) is 4.17. The Balaban J connectivity index is 4.03. The van der Waals surface area contributed by atoms with Crippen LogP contribution in [0.5, 0.6) is 0 Å². The van der Waals surface area contributed by atoms with Crippen LogP contribution in [0.15, 0.2) is 0 Å². The van der Waals surface area contributed by atoms with Crippen molar-refractivity contribution in [3.63, 3.8) is 0 Å². The van der Waals surface area contributed by atoms with E-state index in [1.165, 1.54) is 0 Å². The summed E-state index contributed by atoms with van der Waals surface area (Å²) in [5.41, 5.74) is 5.09. The average molecular weight is 197 g/mol. The fourth-order valence-electron chi connectivity index (χ4n) is 1.38. The van der Waals surface area contributed by atoms with Crippen LogP contribution >= 0.6 is 0 Å². The predicted octanol–water partition coefficient (Wildman–Crippen LogP) is 1.74. The molecule has 0 aromatic heterocycles. The molecule has 0 fully saturated rings. The lowest BCUT2D eigenvalue weighted by Gasteiger charge is -2.29. The summed E-state index contributed by atoms with van der Waals surface area (Å²) in [5, 5.41) is 8.78. The normalized spacial score (nSPS) is 17.5. The first-order valence-corrected chi connectivity index (χ1v) is 5.41. The van der Waals surface area contributed by atoms with Crippen LogP contribution in [0.25, 0.3) is 0 Å². The first kappa shape index (κ1) is 13.4. The minimum atomic E-state index is -0.680. The van der Waals surface area contributed by atoms with Crippen molar-refractivity contribution in [2.45, 2.75) is 52.1 Å². The molecule has 0 aliphatic rings. The van der Waals surface area contributed by atoms with Gasteiger partial charge in [-0.2, -0.15) is 5.26 Å². The van der Waals surface area contributed by atoms with E-state index in [-0.39, 0.29) is 0 Å². The molecule has 0 rings (SSSR count). The van der Waals surface area contributed by atoms with Crippen LogP contribution < -0.4 is 5.73 Å². The highest BCUT2D eigenvalue weighted by molar-refractivity contribution is 5.01. The highest BCUT2D eigenvalue weighted by Gasteiger charge is 2.19. The molecule has 0 aliphatic heterocycles. The minimum Gasteiger partial charge on any atom is -0.314 e. The smallest absolute Gasteiger partial charge is 0.102 e. The van der Waals surface area contributed by atoms with Gasteiger partial charge in [-0.05, 0) is 33.2 Å². The van der Waals surface area contributed by atoms with Gasteiger partial charge in [-0.3, -0.25) is 0 Å². The number of hydrogen-bond donors (Lipinski definition) is 1. The van der Waals surface area contributed by atoms with Crippen LogP contribution in [0.2, 0.25) is 0 Å². The summed E-state index contributed by atoms with van der Waals surface area (Å²) in [7, 11) is 0. The van der Waals surface area contributed by atoms with Crippen LogP contribution in [-0.2, 0) is 0 Å². The van der Waals surface area contributed by atoms with E-state index in [2.05, 4.69) is 31.7 Å².